The van der Waals surface area contributed by atoms with E-state index in [1.807, 2.05) is 11.3 Å². The number of hydrogen-bond donors (Lipinski definition) is 1. The number of nitrogens with zero attached hydrogens (tertiary/aromatic N) is 2. The summed E-state index contributed by atoms with van der Waals surface area (Å²) in [6.45, 7) is 6.50. The molecule has 1 aromatic rings. The molecule has 0 radical (unpaired) electrons. The summed E-state index contributed by atoms with van der Waals surface area (Å²) in [5.74, 6) is 0. The van der Waals surface area contributed by atoms with Gasteiger partial charge in [-0.2, -0.15) is 0 Å². The second-order valence-electron chi connectivity index (χ2n) is 6.15. The van der Waals surface area contributed by atoms with E-state index >= 15 is 0 Å². The Balaban J connectivity index is 2.03. The summed E-state index contributed by atoms with van der Waals surface area (Å²) in [5, 5.41) is 4.75. The third-order valence-electron chi connectivity index (χ3n) is 4.49. The summed E-state index contributed by atoms with van der Waals surface area (Å²) in [5.41, 5.74) is 1.29. The van der Waals surface area contributed by atoms with Crippen LogP contribution in [0.5, 0.6) is 0 Å². The van der Waals surface area contributed by atoms with Crippen molar-refractivity contribution in [2.75, 3.05) is 18.5 Å². The summed E-state index contributed by atoms with van der Waals surface area (Å²) in [7, 11) is 2.25. The highest BCUT2D eigenvalue weighted by molar-refractivity contribution is 7.15. The largest absolute Gasteiger partial charge is 0.348 e. The van der Waals surface area contributed by atoms with Gasteiger partial charge in [0.1, 0.15) is 0 Å². The van der Waals surface area contributed by atoms with Gasteiger partial charge in [0.25, 0.3) is 0 Å². The number of aromatic nitrogens is 1. The number of rotatable bonds is 7. The molecule has 0 aromatic carbocycles. The van der Waals surface area contributed by atoms with E-state index in [4.69, 9.17) is 4.98 Å². The number of thiazole rings is 1. The van der Waals surface area contributed by atoms with Crippen LogP contribution in [-0.2, 0) is 13.0 Å². The van der Waals surface area contributed by atoms with Crippen molar-refractivity contribution in [1.29, 1.82) is 0 Å². The second-order valence-corrected chi connectivity index (χ2v) is 7.22. The molecule has 1 aliphatic rings. The predicted octanol–water partition coefficient (Wildman–Crippen LogP) is 4.36. The summed E-state index contributed by atoms with van der Waals surface area (Å²) in [6.07, 6.45) is 10.5. The molecule has 1 fully saturated rings. The molecule has 1 aliphatic carbocycles. The monoisotopic (exact) mass is 309 g/mol. The van der Waals surface area contributed by atoms with E-state index in [1.165, 1.54) is 60.6 Å². The van der Waals surface area contributed by atoms with Crippen LogP contribution in [0.1, 0.15) is 69.4 Å². The lowest BCUT2D eigenvalue weighted by Crippen LogP contribution is -2.30. The van der Waals surface area contributed by atoms with Gasteiger partial charge >= 0.3 is 0 Å². The molecule has 4 heteroatoms. The Kier molecular flexibility index (Phi) is 6.97. The van der Waals surface area contributed by atoms with Crippen molar-refractivity contribution in [2.45, 2.75) is 77.8 Å². The molecular formula is C17H31N3S. The molecule has 1 N–H and O–H groups in total. The minimum atomic E-state index is 0.694. The van der Waals surface area contributed by atoms with Crippen molar-refractivity contribution in [3.8, 4) is 0 Å². The van der Waals surface area contributed by atoms with E-state index in [-0.39, 0.29) is 0 Å². The van der Waals surface area contributed by atoms with Crippen LogP contribution in [0.4, 0.5) is 5.13 Å². The topological polar surface area (TPSA) is 28.2 Å². The first-order chi connectivity index (χ1) is 10.3. The quantitative estimate of drug-likeness (QED) is 0.599. The predicted molar refractivity (Wildman–Crippen MR) is 93.4 cm³/mol. The van der Waals surface area contributed by atoms with Gasteiger partial charge in [0.15, 0.2) is 5.13 Å². The van der Waals surface area contributed by atoms with Crippen LogP contribution >= 0.6 is 11.3 Å². The molecule has 0 saturated heterocycles. The van der Waals surface area contributed by atoms with Crippen LogP contribution in [0, 0.1) is 0 Å². The molecule has 1 aromatic heterocycles. The molecule has 21 heavy (non-hydrogen) atoms. The van der Waals surface area contributed by atoms with Gasteiger partial charge in [-0.05, 0) is 32.2 Å². The van der Waals surface area contributed by atoms with Crippen molar-refractivity contribution < 1.29 is 0 Å². The molecule has 1 heterocycles. The van der Waals surface area contributed by atoms with E-state index in [9.17, 15) is 0 Å². The summed E-state index contributed by atoms with van der Waals surface area (Å²) in [6, 6.07) is 0.694. The van der Waals surface area contributed by atoms with Gasteiger partial charge in [0.05, 0.1) is 5.69 Å². The lowest BCUT2D eigenvalue weighted by molar-refractivity contribution is 0.552. The molecule has 0 spiro atoms. The molecule has 1 saturated carbocycles. The first kappa shape index (κ1) is 16.8. The Labute approximate surface area is 134 Å². The summed E-state index contributed by atoms with van der Waals surface area (Å²) in [4.78, 5) is 8.81. The third-order valence-corrected chi connectivity index (χ3v) is 5.68. The molecule has 0 bridgehead atoms. The van der Waals surface area contributed by atoms with Crippen molar-refractivity contribution in [3.63, 3.8) is 0 Å². The number of hydrogen-bond acceptors (Lipinski definition) is 4. The van der Waals surface area contributed by atoms with E-state index in [0.29, 0.717) is 6.04 Å². The molecular weight excluding hydrogens is 278 g/mol. The standard InChI is InChI=1S/C17H31N3S/c1-4-12-18-13-16-15(5-2)19-17(21-16)20(3)14-10-8-6-7-9-11-14/h14,18H,4-13H2,1-3H3. The average Bonchev–Trinajstić information content (AvgIpc) is 2.72. The molecule has 0 atom stereocenters. The highest BCUT2D eigenvalue weighted by Crippen LogP contribution is 2.31. The first-order valence-electron chi connectivity index (χ1n) is 8.68. The molecule has 0 unspecified atom stereocenters. The van der Waals surface area contributed by atoms with Gasteiger partial charge in [0, 0.05) is 24.5 Å². The first-order valence-corrected chi connectivity index (χ1v) is 9.50. The van der Waals surface area contributed by atoms with Crippen molar-refractivity contribution in [1.82, 2.24) is 10.3 Å². The maximum atomic E-state index is 4.92. The van der Waals surface area contributed by atoms with E-state index < -0.39 is 0 Å². The third kappa shape index (κ3) is 4.68. The molecule has 0 amide bonds. The van der Waals surface area contributed by atoms with E-state index in [1.54, 1.807) is 0 Å². The van der Waals surface area contributed by atoms with Crippen LogP contribution in [-0.4, -0.2) is 24.6 Å². The Morgan fingerprint density at radius 3 is 2.52 bits per heavy atom. The van der Waals surface area contributed by atoms with Gasteiger partial charge in [-0.25, -0.2) is 4.98 Å². The molecule has 3 nitrogen and oxygen atoms in total. The Morgan fingerprint density at radius 2 is 1.90 bits per heavy atom. The Morgan fingerprint density at radius 1 is 1.19 bits per heavy atom. The maximum absolute atomic E-state index is 4.92. The zero-order chi connectivity index (χ0) is 15.1. The normalized spacial score (nSPS) is 16.9. The Bertz CT molecular complexity index is 408. The van der Waals surface area contributed by atoms with Crippen molar-refractivity contribution >= 4 is 16.5 Å². The van der Waals surface area contributed by atoms with Gasteiger partial charge in [0.2, 0.25) is 0 Å². The molecule has 0 aliphatic heterocycles. The fourth-order valence-corrected chi connectivity index (χ4v) is 4.27. The highest BCUT2D eigenvalue weighted by Gasteiger charge is 2.21. The molecule has 120 valence electrons. The summed E-state index contributed by atoms with van der Waals surface area (Å²) >= 11 is 1.90. The van der Waals surface area contributed by atoms with Crippen LogP contribution in [0.15, 0.2) is 0 Å². The van der Waals surface area contributed by atoms with Crippen LogP contribution < -0.4 is 10.2 Å². The van der Waals surface area contributed by atoms with Gasteiger partial charge in [-0.15, -0.1) is 11.3 Å². The van der Waals surface area contributed by atoms with Gasteiger partial charge in [-0.1, -0.05) is 39.5 Å². The average molecular weight is 310 g/mol. The highest BCUT2D eigenvalue weighted by atomic mass is 32.1. The summed E-state index contributed by atoms with van der Waals surface area (Å²) < 4.78 is 0. The number of nitrogens with one attached hydrogen (secondary N) is 1. The van der Waals surface area contributed by atoms with Crippen LogP contribution in [0.2, 0.25) is 0 Å². The van der Waals surface area contributed by atoms with E-state index in [0.717, 1.165) is 19.5 Å². The van der Waals surface area contributed by atoms with Gasteiger partial charge in [-0.3, -0.25) is 0 Å². The number of aryl methyl sites for hydroxylation is 1. The minimum absolute atomic E-state index is 0.694. The maximum Gasteiger partial charge on any atom is 0.185 e. The zero-order valence-electron chi connectivity index (χ0n) is 14.0. The lowest BCUT2D eigenvalue weighted by Gasteiger charge is -2.26. The van der Waals surface area contributed by atoms with E-state index in [2.05, 4.69) is 31.1 Å². The SMILES string of the molecule is CCCNCc1sc(N(C)C2CCCCCC2)nc1CC. The van der Waals surface area contributed by atoms with Crippen molar-refractivity contribution in [2.24, 2.45) is 0 Å². The zero-order valence-corrected chi connectivity index (χ0v) is 14.8. The smallest absolute Gasteiger partial charge is 0.185 e. The van der Waals surface area contributed by atoms with Crippen molar-refractivity contribution in [3.05, 3.63) is 10.6 Å². The fourth-order valence-electron chi connectivity index (χ4n) is 3.11. The van der Waals surface area contributed by atoms with Gasteiger partial charge < -0.3 is 10.2 Å². The second kappa shape index (κ2) is 8.74. The minimum Gasteiger partial charge on any atom is -0.348 e. The Hall–Kier alpha value is -0.610. The number of anilines is 1. The van der Waals surface area contributed by atoms with Crippen LogP contribution in [0.25, 0.3) is 0 Å². The lowest BCUT2D eigenvalue weighted by atomic mass is 10.1. The molecule has 2 rings (SSSR count). The fraction of sp³-hybridized carbons (Fsp3) is 0.824. The van der Waals surface area contributed by atoms with Crippen LogP contribution in [0.3, 0.4) is 0 Å².